The van der Waals surface area contributed by atoms with Gasteiger partial charge in [-0.1, -0.05) is 6.07 Å². The van der Waals surface area contributed by atoms with Gasteiger partial charge in [-0.25, -0.2) is 9.82 Å². The second-order valence-corrected chi connectivity index (χ2v) is 3.91. The molecule has 0 aliphatic carbocycles. The third kappa shape index (κ3) is 2.69. The lowest BCUT2D eigenvalue weighted by molar-refractivity contribution is 0.385. The van der Waals surface area contributed by atoms with Crippen LogP contribution in [0.3, 0.4) is 0 Å². The standard InChI is InChI=1S/C13H15FN2O2/c1-17-12-5-4-9(7-10(12)14)8-11(16-15)13-3-2-6-18-13/h2-7,11,16H,8,15H2,1H3. The van der Waals surface area contributed by atoms with Crippen molar-refractivity contribution < 1.29 is 13.5 Å². The fraction of sp³-hybridized carbons (Fsp3) is 0.231. The molecular weight excluding hydrogens is 235 g/mol. The van der Waals surface area contributed by atoms with E-state index in [-0.39, 0.29) is 17.6 Å². The third-order valence-electron chi connectivity index (χ3n) is 2.74. The Morgan fingerprint density at radius 1 is 1.44 bits per heavy atom. The van der Waals surface area contributed by atoms with Crippen LogP contribution >= 0.6 is 0 Å². The highest BCUT2D eigenvalue weighted by molar-refractivity contribution is 5.30. The lowest BCUT2D eigenvalue weighted by atomic mass is 10.0. The van der Waals surface area contributed by atoms with Gasteiger partial charge in [0.05, 0.1) is 19.4 Å². The van der Waals surface area contributed by atoms with Gasteiger partial charge >= 0.3 is 0 Å². The molecule has 18 heavy (non-hydrogen) atoms. The van der Waals surface area contributed by atoms with Crippen molar-refractivity contribution in [2.45, 2.75) is 12.5 Å². The van der Waals surface area contributed by atoms with Crippen LogP contribution in [0.2, 0.25) is 0 Å². The molecule has 0 saturated heterocycles. The molecule has 4 nitrogen and oxygen atoms in total. The average molecular weight is 250 g/mol. The SMILES string of the molecule is COc1ccc(CC(NN)c2ccco2)cc1F. The first-order valence-corrected chi connectivity index (χ1v) is 5.56. The van der Waals surface area contributed by atoms with Crippen molar-refractivity contribution in [3.05, 3.63) is 53.7 Å². The number of nitrogens with one attached hydrogen (secondary N) is 1. The molecule has 3 N–H and O–H groups in total. The topological polar surface area (TPSA) is 60.4 Å². The zero-order valence-electron chi connectivity index (χ0n) is 10.0. The molecule has 0 aliphatic rings. The van der Waals surface area contributed by atoms with Crippen LogP contribution in [-0.4, -0.2) is 7.11 Å². The second-order valence-electron chi connectivity index (χ2n) is 3.91. The first-order valence-electron chi connectivity index (χ1n) is 5.56. The lowest BCUT2D eigenvalue weighted by Gasteiger charge is -2.13. The Bertz CT molecular complexity index is 500. The van der Waals surface area contributed by atoms with Crippen molar-refractivity contribution in [2.75, 3.05) is 7.11 Å². The summed E-state index contributed by atoms with van der Waals surface area (Å²) in [6.07, 6.45) is 2.11. The Kier molecular flexibility index (Phi) is 3.96. The van der Waals surface area contributed by atoms with Crippen LogP contribution in [0.4, 0.5) is 4.39 Å². The van der Waals surface area contributed by atoms with E-state index in [0.717, 1.165) is 5.56 Å². The summed E-state index contributed by atoms with van der Waals surface area (Å²) < 4.78 is 23.7. The molecule has 0 spiro atoms. The van der Waals surface area contributed by atoms with Gasteiger partial charge in [-0.3, -0.25) is 5.84 Å². The van der Waals surface area contributed by atoms with Gasteiger partial charge in [-0.15, -0.1) is 0 Å². The van der Waals surface area contributed by atoms with Crippen molar-refractivity contribution in [1.29, 1.82) is 0 Å². The fourth-order valence-electron chi connectivity index (χ4n) is 1.80. The summed E-state index contributed by atoms with van der Waals surface area (Å²) in [5, 5.41) is 0. The van der Waals surface area contributed by atoms with Gasteiger partial charge < -0.3 is 9.15 Å². The van der Waals surface area contributed by atoms with Crippen molar-refractivity contribution in [1.82, 2.24) is 5.43 Å². The molecule has 96 valence electrons. The number of hydrogen-bond acceptors (Lipinski definition) is 4. The Morgan fingerprint density at radius 3 is 2.83 bits per heavy atom. The fourth-order valence-corrected chi connectivity index (χ4v) is 1.80. The summed E-state index contributed by atoms with van der Waals surface area (Å²) in [6.45, 7) is 0. The van der Waals surface area contributed by atoms with Gasteiger partial charge in [0.25, 0.3) is 0 Å². The summed E-state index contributed by atoms with van der Waals surface area (Å²) in [6, 6.07) is 8.26. The largest absolute Gasteiger partial charge is 0.494 e. The maximum Gasteiger partial charge on any atom is 0.165 e. The Hall–Kier alpha value is -1.85. The molecular formula is C13H15FN2O2. The van der Waals surface area contributed by atoms with E-state index < -0.39 is 0 Å². The summed E-state index contributed by atoms with van der Waals surface area (Å²) in [5.74, 6) is 6.04. The third-order valence-corrected chi connectivity index (χ3v) is 2.74. The minimum atomic E-state index is -0.384. The second kappa shape index (κ2) is 5.66. The summed E-state index contributed by atoms with van der Waals surface area (Å²) in [4.78, 5) is 0. The summed E-state index contributed by atoms with van der Waals surface area (Å²) >= 11 is 0. The van der Waals surface area contributed by atoms with Gasteiger partial charge in [-0.2, -0.15) is 0 Å². The molecule has 0 fully saturated rings. The van der Waals surface area contributed by atoms with E-state index >= 15 is 0 Å². The maximum absolute atomic E-state index is 13.5. The number of methoxy groups -OCH3 is 1. The number of rotatable bonds is 5. The minimum Gasteiger partial charge on any atom is -0.494 e. The van der Waals surface area contributed by atoms with Gasteiger partial charge in [0.1, 0.15) is 5.76 Å². The quantitative estimate of drug-likeness (QED) is 0.630. The zero-order chi connectivity index (χ0) is 13.0. The van der Waals surface area contributed by atoms with Crippen LogP contribution < -0.4 is 16.0 Å². The van der Waals surface area contributed by atoms with E-state index in [2.05, 4.69) is 5.43 Å². The van der Waals surface area contributed by atoms with Crippen LogP contribution in [-0.2, 0) is 6.42 Å². The van der Waals surface area contributed by atoms with E-state index in [1.807, 2.05) is 6.07 Å². The van der Waals surface area contributed by atoms with Crippen molar-refractivity contribution in [3.63, 3.8) is 0 Å². The Balaban J connectivity index is 2.15. The van der Waals surface area contributed by atoms with Crippen LogP contribution in [0.25, 0.3) is 0 Å². The minimum absolute atomic E-state index is 0.187. The first-order chi connectivity index (χ1) is 8.74. The van der Waals surface area contributed by atoms with E-state index in [1.165, 1.54) is 13.2 Å². The Morgan fingerprint density at radius 2 is 2.28 bits per heavy atom. The highest BCUT2D eigenvalue weighted by Crippen LogP contribution is 2.22. The van der Waals surface area contributed by atoms with Gasteiger partial charge in [0, 0.05) is 0 Å². The molecule has 5 heteroatoms. The number of nitrogens with two attached hydrogens (primary N) is 1. The molecule has 1 atom stereocenters. The zero-order valence-corrected chi connectivity index (χ0v) is 10.0. The van der Waals surface area contributed by atoms with E-state index in [1.54, 1.807) is 24.5 Å². The number of halogens is 1. The van der Waals surface area contributed by atoms with Crippen molar-refractivity contribution in [3.8, 4) is 5.75 Å². The predicted octanol–water partition coefficient (Wildman–Crippen LogP) is 2.17. The first kappa shape index (κ1) is 12.6. The van der Waals surface area contributed by atoms with Crippen molar-refractivity contribution in [2.24, 2.45) is 5.84 Å². The molecule has 0 amide bonds. The van der Waals surface area contributed by atoms with Crippen molar-refractivity contribution >= 4 is 0 Å². The number of hydrogen-bond donors (Lipinski definition) is 2. The van der Waals surface area contributed by atoms with Crippen LogP contribution in [0.5, 0.6) is 5.75 Å². The summed E-state index contributed by atoms with van der Waals surface area (Å²) in [7, 11) is 1.44. The van der Waals surface area contributed by atoms with E-state index in [0.29, 0.717) is 12.2 Å². The molecule has 1 aromatic heterocycles. The molecule has 0 aliphatic heterocycles. The average Bonchev–Trinajstić information content (AvgIpc) is 2.90. The van der Waals surface area contributed by atoms with Gasteiger partial charge in [0.15, 0.2) is 11.6 Å². The van der Waals surface area contributed by atoms with Crippen LogP contribution in [0, 0.1) is 5.82 Å². The summed E-state index contributed by atoms with van der Waals surface area (Å²) in [5.41, 5.74) is 3.47. The molecule has 1 unspecified atom stereocenters. The van der Waals surface area contributed by atoms with Gasteiger partial charge in [-0.05, 0) is 36.2 Å². The number of furan rings is 1. The van der Waals surface area contributed by atoms with Crippen LogP contribution in [0.15, 0.2) is 41.0 Å². The molecule has 1 heterocycles. The highest BCUT2D eigenvalue weighted by Gasteiger charge is 2.14. The number of ether oxygens (including phenoxy) is 1. The van der Waals surface area contributed by atoms with E-state index in [9.17, 15) is 4.39 Å². The number of benzene rings is 1. The molecule has 2 aromatic rings. The Labute approximate surface area is 105 Å². The molecule has 2 rings (SSSR count). The molecule has 0 bridgehead atoms. The maximum atomic E-state index is 13.5. The highest BCUT2D eigenvalue weighted by atomic mass is 19.1. The predicted molar refractivity (Wildman–Crippen MR) is 65.4 cm³/mol. The lowest BCUT2D eigenvalue weighted by Crippen LogP contribution is -2.29. The smallest absolute Gasteiger partial charge is 0.165 e. The molecule has 0 saturated carbocycles. The molecule has 0 radical (unpaired) electrons. The monoisotopic (exact) mass is 250 g/mol. The van der Waals surface area contributed by atoms with Crippen LogP contribution in [0.1, 0.15) is 17.4 Å². The van der Waals surface area contributed by atoms with E-state index in [4.69, 9.17) is 15.0 Å². The molecule has 1 aromatic carbocycles. The number of hydrazine groups is 1. The normalized spacial score (nSPS) is 12.4. The van der Waals surface area contributed by atoms with Gasteiger partial charge in [0.2, 0.25) is 0 Å².